The molecule has 120 valence electrons. The average molecular weight is 302 g/mol. The van der Waals surface area contributed by atoms with Crippen LogP contribution in [0.5, 0.6) is 0 Å². The number of nitrogens with zero attached hydrogens (tertiary/aromatic N) is 2. The molecule has 2 aliphatic heterocycles. The first kappa shape index (κ1) is 15.5. The number of hydrogen-bond donors (Lipinski definition) is 1. The zero-order chi connectivity index (χ0) is 15.4. The zero-order valence-electron chi connectivity index (χ0n) is 13.2. The fraction of sp³-hybridized carbons (Fsp3) is 0.611. The summed E-state index contributed by atoms with van der Waals surface area (Å²) in [6, 6.07) is 7.35. The molecular formula is C18H26N2O2. The van der Waals surface area contributed by atoms with Gasteiger partial charge in [0, 0.05) is 19.6 Å². The second-order valence-corrected chi connectivity index (χ2v) is 6.76. The Morgan fingerprint density at radius 2 is 1.95 bits per heavy atom. The third-order valence-corrected chi connectivity index (χ3v) is 4.92. The molecule has 0 amide bonds. The molecule has 2 saturated heterocycles. The first-order valence-electron chi connectivity index (χ1n) is 8.47. The molecular weight excluding hydrogens is 276 g/mol. The fourth-order valence-electron chi connectivity index (χ4n) is 3.77. The van der Waals surface area contributed by atoms with Crippen molar-refractivity contribution >= 4 is 5.97 Å². The summed E-state index contributed by atoms with van der Waals surface area (Å²) in [5.41, 5.74) is 1.50. The molecule has 1 aromatic rings. The lowest BCUT2D eigenvalue weighted by atomic mass is 10.1. The van der Waals surface area contributed by atoms with Gasteiger partial charge in [-0.3, -0.25) is 4.90 Å². The van der Waals surface area contributed by atoms with Crippen LogP contribution in [0, 0.1) is 5.92 Å². The molecule has 0 spiro atoms. The molecule has 1 N–H and O–H groups in total. The van der Waals surface area contributed by atoms with E-state index in [0.717, 1.165) is 31.1 Å². The van der Waals surface area contributed by atoms with E-state index < -0.39 is 5.97 Å². The van der Waals surface area contributed by atoms with Gasteiger partial charge in [0.15, 0.2) is 0 Å². The van der Waals surface area contributed by atoms with Crippen molar-refractivity contribution in [3.05, 3.63) is 35.4 Å². The molecule has 1 aromatic carbocycles. The Hall–Kier alpha value is -1.39. The molecule has 2 heterocycles. The smallest absolute Gasteiger partial charge is 0.335 e. The van der Waals surface area contributed by atoms with Crippen molar-refractivity contribution in [1.82, 2.24) is 9.80 Å². The van der Waals surface area contributed by atoms with E-state index in [9.17, 15) is 4.79 Å². The Morgan fingerprint density at radius 1 is 1.14 bits per heavy atom. The Balaban J connectivity index is 1.50. The van der Waals surface area contributed by atoms with E-state index in [4.69, 9.17) is 5.11 Å². The molecule has 0 radical (unpaired) electrons. The van der Waals surface area contributed by atoms with Crippen LogP contribution in [0.4, 0.5) is 0 Å². The summed E-state index contributed by atoms with van der Waals surface area (Å²) in [4.78, 5) is 16.1. The molecule has 2 fully saturated rings. The zero-order valence-corrected chi connectivity index (χ0v) is 13.2. The van der Waals surface area contributed by atoms with Gasteiger partial charge in [-0.2, -0.15) is 0 Å². The molecule has 0 bridgehead atoms. The summed E-state index contributed by atoms with van der Waals surface area (Å²) in [5, 5.41) is 9.08. The fourth-order valence-corrected chi connectivity index (χ4v) is 3.77. The molecule has 1 unspecified atom stereocenters. The van der Waals surface area contributed by atoms with Crippen LogP contribution < -0.4 is 0 Å². The maximum absolute atomic E-state index is 11.0. The summed E-state index contributed by atoms with van der Waals surface area (Å²) < 4.78 is 0. The summed E-state index contributed by atoms with van der Waals surface area (Å²) in [6.07, 6.45) is 5.39. The van der Waals surface area contributed by atoms with Gasteiger partial charge in [-0.1, -0.05) is 18.6 Å². The number of benzene rings is 1. The maximum Gasteiger partial charge on any atom is 0.335 e. The molecule has 4 heteroatoms. The Kier molecular flexibility index (Phi) is 5.11. The minimum absolute atomic E-state index is 0.390. The Morgan fingerprint density at radius 3 is 2.73 bits per heavy atom. The molecule has 2 aliphatic rings. The van der Waals surface area contributed by atoms with Gasteiger partial charge in [-0.15, -0.1) is 0 Å². The largest absolute Gasteiger partial charge is 0.478 e. The van der Waals surface area contributed by atoms with Gasteiger partial charge in [0.1, 0.15) is 0 Å². The molecule has 0 aromatic heterocycles. The molecule has 0 saturated carbocycles. The predicted octanol–water partition coefficient (Wildman–Crippen LogP) is 2.69. The SMILES string of the molecule is O=C(O)c1cccc(CN2CCC(CN3CCCCC3)C2)c1. The second-order valence-electron chi connectivity index (χ2n) is 6.76. The topological polar surface area (TPSA) is 43.8 Å². The van der Waals surface area contributed by atoms with Gasteiger partial charge in [0.2, 0.25) is 0 Å². The number of hydrogen-bond acceptors (Lipinski definition) is 3. The van der Waals surface area contributed by atoms with Crippen molar-refractivity contribution < 1.29 is 9.90 Å². The minimum atomic E-state index is -0.841. The van der Waals surface area contributed by atoms with E-state index in [1.165, 1.54) is 45.3 Å². The van der Waals surface area contributed by atoms with Crippen LogP contribution in [-0.4, -0.2) is 53.6 Å². The van der Waals surface area contributed by atoms with E-state index in [0.29, 0.717) is 5.56 Å². The van der Waals surface area contributed by atoms with Crippen LogP contribution in [0.3, 0.4) is 0 Å². The Bertz CT molecular complexity index is 512. The molecule has 22 heavy (non-hydrogen) atoms. The van der Waals surface area contributed by atoms with Gasteiger partial charge in [0.25, 0.3) is 0 Å². The molecule has 3 rings (SSSR count). The number of carboxylic acid groups (broad SMARTS) is 1. The van der Waals surface area contributed by atoms with Gasteiger partial charge < -0.3 is 10.0 Å². The van der Waals surface area contributed by atoms with E-state index >= 15 is 0 Å². The lowest BCUT2D eigenvalue weighted by Crippen LogP contribution is -2.35. The van der Waals surface area contributed by atoms with Crippen molar-refractivity contribution in [2.45, 2.75) is 32.2 Å². The van der Waals surface area contributed by atoms with E-state index in [-0.39, 0.29) is 0 Å². The van der Waals surface area contributed by atoms with Crippen molar-refractivity contribution in [1.29, 1.82) is 0 Å². The summed E-state index contributed by atoms with van der Waals surface area (Å²) in [7, 11) is 0. The highest BCUT2D eigenvalue weighted by Crippen LogP contribution is 2.21. The van der Waals surface area contributed by atoms with Crippen molar-refractivity contribution in [3.8, 4) is 0 Å². The lowest BCUT2D eigenvalue weighted by molar-refractivity contribution is 0.0696. The highest BCUT2D eigenvalue weighted by atomic mass is 16.4. The average Bonchev–Trinajstić information content (AvgIpc) is 2.95. The second kappa shape index (κ2) is 7.25. The number of aromatic carboxylic acids is 1. The highest BCUT2D eigenvalue weighted by Gasteiger charge is 2.25. The van der Waals surface area contributed by atoms with E-state index in [2.05, 4.69) is 9.80 Å². The van der Waals surface area contributed by atoms with Crippen LogP contribution in [0.1, 0.15) is 41.6 Å². The van der Waals surface area contributed by atoms with Gasteiger partial charge >= 0.3 is 5.97 Å². The molecule has 0 aliphatic carbocycles. The first-order chi connectivity index (χ1) is 10.7. The monoisotopic (exact) mass is 302 g/mol. The molecule has 4 nitrogen and oxygen atoms in total. The van der Waals surface area contributed by atoms with Crippen LogP contribution in [0.15, 0.2) is 24.3 Å². The number of likely N-dealkylation sites (tertiary alicyclic amines) is 2. The van der Waals surface area contributed by atoms with Crippen molar-refractivity contribution in [2.75, 3.05) is 32.7 Å². The van der Waals surface area contributed by atoms with Gasteiger partial charge in [-0.25, -0.2) is 4.79 Å². The Labute approximate surface area is 132 Å². The van der Waals surface area contributed by atoms with Crippen LogP contribution in [0.25, 0.3) is 0 Å². The normalized spacial score (nSPS) is 23.7. The maximum atomic E-state index is 11.0. The van der Waals surface area contributed by atoms with E-state index in [1.54, 1.807) is 12.1 Å². The third kappa shape index (κ3) is 4.08. The van der Waals surface area contributed by atoms with Crippen LogP contribution >= 0.6 is 0 Å². The molecule has 1 atom stereocenters. The highest BCUT2D eigenvalue weighted by molar-refractivity contribution is 5.87. The number of rotatable bonds is 5. The summed E-state index contributed by atoms with van der Waals surface area (Å²) >= 11 is 0. The van der Waals surface area contributed by atoms with Crippen LogP contribution in [0.2, 0.25) is 0 Å². The number of carboxylic acids is 1. The van der Waals surface area contributed by atoms with Crippen molar-refractivity contribution in [3.63, 3.8) is 0 Å². The quantitative estimate of drug-likeness (QED) is 0.908. The van der Waals surface area contributed by atoms with Crippen molar-refractivity contribution in [2.24, 2.45) is 5.92 Å². The van der Waals surface area contributed by atoms with Gasteiger partial charge in [-0.05, 0) is 62.5 Å². The summed E-state index contributed by atoms with van der Waals surface area (Å²) in [5.74, 6) is -0.0630. The first-order valence-corrected chi connectivity index (χ1v) is 8.47. The third-order valence-electron chi connectivity index (χ3n) is 4.92. The standard InChI is InChI=1S/C18H26N2O2/c21-18(22)17-6-4-5-15(11-17)12-20-10-7-16(14-20)13-19-8-2-1-3-9-19/h4-6,11,16H,1-3,7-10,12-14H2,(H,21,22). The number of piperidine rings is 1. The lowest BCUT2D eigenvalue weighted by Gasteiger charge is -2.29. The number of carbonyl (C=O) groups is 1. The minimum Gasteiger partial charge on any atom is -0.478 e. The summed E-state index contributed by atoms with van der Waals surface area (Å²) in [6.45, 7) is 6.95. The van der Waals surface area contributed by atoms with Gasteiger partial charge in [0.05, 0.1) is 5.56 Å². The van der Waals surface area contributed by atoms with E-state index in [1.807, 2.05) is 12.1 Å². The van der Waals surface area contributed by atoms with Crippen LogP contribution in [-0.2, 0) is 6.54 Å². The predicted molar refractivity (Wildman–Crippen MR) is 87.1 cm³/mol.